The number of rotatable bonds is 3. The minimum atomic E-state index is 0.243. The topological polar surface area (TPSA) is 71.2 Å². The minimum Gasteiger partial charge on any atom is -0.507 e. The molecule has 7 heteroatoms. The second kappa shape index (κ2) is 7.46. The monoisotopic (exact) mass is 429 g/mol. The van der Waals surface area contributed by atoms with E-state index in [1.165, 1.54) is 12.5 Å². The molecule has 6 rings (SSSR count). The SMILES string of the molecule is CN1CCN(c2c/c(=C/CC3=COC=CO3)c3c(O)c4ccccc4c4onc2c34)CC1. The molecule has 162 valence electrons. The number of benzene rings is 3. The van der Waals surface area contributed by atoms with Crippen LogP contribution in [-0.2, 0) is 9.47 Å². The van der Waals surface area contributed by atoms with Gasteiger partial charge < -0.3 is 28.9 Å². The van der Waals surface area contributed by atoms with Gasteiger partial charge in [0.05, 0.1) is 11.1 Å². The number of hydrogen-bond donors (Lipinski definition) is 1. The summed E-state index contributed by atoms with van der Waals surface area (Å²) < 4.78 is 16.6. The Balaban J connectivity index is 1.63. The zero-order valence-electron chi connectivity index (χ0n) is 17.7. The van der Waals surface area contributed by atoms with Crippen LogP contribution in [0.1, 0.15) is 6.42 Å². The Bertz CT molecular complexity index is 1440. The van der Waals surface area contributed by atoms with Crippen LogP contribution in [0.4, 0.5) is 5.69 Å². The van der Waals surface area contributed by atoms with Crippen molar-refractivity contribution in [2.24, 2.45) is 0 Å². The van der Waals surface area contributed by atoms with E-state index >= 15 is 0 Å². The number of likely N-dealkylation sites (N-methyl/N-ethyl adjacent to an activating group) is 1. The number of hydrogen-bond acceptors (Lipinski definition) is 7. The van der Waals surface area contributed by atoms with Gasteiger partial charge in [-0.25, -0.2) is 0 Å². The van der Waals surface area contributed by atoms with E-state index in [2.05, 4.69) is 34.1 Å². The molecule has 2 aliphatic heterocycles. The number of anilines is 1. The third-order valence-electron chi connectivity index (χ3n) is 6.35. The van der Waals surface area contributed by atoms with Gasteiger partial charge in [0.15, 0.2) is 5.58 Å². The molecule has 0 saturated carbocycles. The molecule has 1 saturated heterocycles. The number of phenolic OH excluding ortho intramolecular Hbond substituents is 1. The summed E-state index contributed by atoms with van der Waals surface area (Å²) in [5, 5.41) is 19.9. The number of piperazine rings is 1. The molecule has 3 heterocycles. The second-order valence-corrected chi connectivity index (χ2v) is 8.30. The Morgan fingerprint density at radius 1 is 1.06 bits per heavy atom. The van der Waals surface area contributed by atoms with Crippen molar-refractivity contribution in [1.29, 1.82) is 0 Å². The lowest BCUT2D eigenvalue weighted by molar-refractivity contribution is 0.253. The minimum absolute atomic E-state index is 0.243. The predicted molar refractivity (Wildman–Crippen MR) is 124 cm³/mol. The lowest BCUT2D eigenvalue weighted by atomic mass is 9.97. The van der Waals surface area contributed by atoms with Crippen LogP contribution >= 0.6 is 0 Å². The van der Waals surface area contributed by atoms with Gasteiger partial charge in [0.25, 0.3) is 0 Å². The third kappa shape index (κ3) is 2.97. The van der Waals surface area contributed by atoms with Gasteiger partial charge in [-0.15, -0.1) is 0 Å². The largest absolute Gasteiger partial charge is 0.507 e. The van der Waals surface area contributed by atoms with E-state index < -0.39 is 0 Å². The molecule has 0 atom stereocenters. The number of nitrogens with zero attached hydrogens (tertiary/aromatic N) is 3. The highest BCUT2D eigenvalue weighted by molar-refractivity contribution is 6.23. The zero-order valence-corrected chi connectivity index (χ0v) is 17.7. The van der Waals surface area contributed by atoms with Crippen molar-refractivity contribution in [3.05, 3.63) is 60.1 Å². The van der Waals surface area contributed by atoms with Crippen molar-refractivity contribution in [3.8, 4) is 5.75 Å². The standard InChI is InChI=1S/C25H23N3O4/c1-27-8-10-28(11-9-27)20-14-16(6-7-17-15-30-12-13-31-17)21-22-23(20)26-32-25(22)19-5-3-2-4-18(19)24(21)29/h2-6,12-15,29H,7-11H2,1H3/b16-6-. The molecule has 0 spiro atoms. The molecule has 0 aliphatic carbocycles. The second-order valence-electron chi connectivity index (χ2n) is 8.30. The molecular weight excluding hydrogens is 406 g/mol. The molecule has 0 radical (unpaired) electrons. The smallest absolute Gasteiger partial charge is 0.176 e. The summed E-state index contributed by atoms with van der Waals surface area (Å²) in [6, 6.07) is 9.85. The Morgan fingerprint density at radius 3 is 2.66 bits per heavy atom. The van der Waals surface area contributed by atoms with E-state index in [1.54, 1.807) is 6.26 Å². The summed E-state index contributed by atoms with van der Waals surface area (Å²) in [6.45, 7) is 3.78. The highest BCUT2D eigenvalue weighted by atomic mass is 16.5. The average molecular weight is 429 g/mol. The van der Waals surface area contributed by atoms with Crippen molar-refractivity contribution >= 4 is 44.4 Å². The van der Waals surface area contributed by atoms with Crippen LogP contribution < -0.4 is 10.1 Å². The normalized spacial score (nSPS) is 17.8. The number of phenols is 1. The van der Waals surface area contributed by atoms with Crippen molar-refractivity contribution in [2.45, 2.75) is 6.42 Å². The molecular formula is C25H23N3O4. The highest BCUT2D eigenvalue weighted by Crippen LogP contribution is 2.42. The van der Waals surface area contributed by atoms with Gasteiger partial charge in [0.2, 0.25) is 0 Å². The first kappa shape index (κ1) is 19.0. The Labute approximate surface area is 184 Å². The van der Waals surface area contributed by atoms with E-state index in [1.807, 2.05) is 24.3 Å². The Hall–Kier alpha value is -3.71. The van der Waals surface area contributed by atoms with Gasteiger partial charge in [-0.1, -0.05) is 35.5 Å². The molecule has 1 N–H and O–H groups in total. The molecule has 32 heavy (non-hydrogen) atoms. The van der Waals surface area contributed by atoms with Crippen LogP contribution in [0.25, 0.3) is 38.7 Å². The quantitative estimate of drug-likeness (QED) is 0.496. The maximum absolute atomic E-state index is 11.3. The van der Waals surface area contributed by atoms with Crippen LogP contribution in [0, 0.1) is 0 Å². The summed E-state index contributed by atoms with van der Waals surface area (Å²) in [5.74, 6) is 0.939. The molecule has 4 aromatic rings. The van der Waals surface area contributed by atoms with E-state index in [0.717, 1.165) is 64.1 Å². The summed E-state index contributed by atoms with van der Waals surface area (Å²) in [7, 11) is 2.14. The average Bonchev–Trinajstić information content (AvgIpc) is 3.28. The summed E-state index contributed by atoms with van der Waals surface area (Å²) in [6.07, 6.45) is 7.19. The van der Waals surface area contributed by atoms with Gasteiger partial charge >= 0.3 is 0 Å². The summed E-state index contributed by atoms with van der Waals surface area (Å²) in [5.41, 5.74) is 2.52. The first-order valence-corrected chi connectivity index (χ1v) is 10.8. The maximum atomic E-state index is 11.3. The first-order chi connectivity index (χ1) is 15.7. The van der Waals surface area contributed by atoms with Crippen LogP contribution in [-0.4, -0.2) is 48.4 Å². The molecule has 0 unspecified atom stereocenters. The number of aromatic hydroxyl groups is 1. The van der Waals surface area contributed by atoms with Crippen LogP contribution in [0.5, 0.6) is 5.75 Å². The van der Waals surface area contributed by atoms with Crippen LogP contribution in [0.3, 0.4) is 0 Å². The Morgan fingerprint density at radius 2 is 1.88 bits per heavy atom. The molecule has 1 fully saturated rings. The van der Waals surface area contributed by atoms with Crippen LogP contribution in [0.2, 0.25) is 0 Å². The number of aromatic nitrogens is 1. The van der Waals surface area contributed by atoms with E-state index in [0.29, 0.717) is 17.8 Å². The third-order valence-corrected chi connectivity index (χ3v) is 6.35. The van der Waals surface area contributed by atoms with Crippen molar-refractivity contribution in [3.63, 3.8) is 0 Å². The van der Waals surface area contributed by atoms with Crippen molar-refractivity contribution in [1.82, 2.24) is 10.1 Å². The lowest BCUT2D eigenvalue weighted by Crippen LogP contribution is -2.44. The fraction of sp³-hybridized carbons (Fsp3) is 0.240. The van der Waals surface area contributed by atoms with E-state index in [9.17, 15) is 5.11 Å². The first-order valence-electron chi connectivity index (χ1n) is 10.8. The van der Waals surface area contributed by atoms with E-state index in [4.69, 9.17) is 14.0 Å². The molecule has 0 bridgehead atoms. The Kier molecular flexibility index (Phi) is 4.43. The van der Waals surface area contributed by atoms with Crippen molar-refractivity contribution in [2.75, 3.05) is 38.1 Å². The highest BCUT2D eigenvalue weighted by Gasteiger charge is 2.24. The molecule has 0 amide bonds. The number of fused-ring (bicyclic) bond motifs is 2. The zero-order chi connectivity index (χ0) is 21.7. The van der Waals surface area contributed by atoms with Gasteiger partial charge in [-0.3, -0.25) is 0 Å². The van der Waals surface area contributed by atoms with E-state index in [-0.39, 0.29) is 5.75 Å². The van der Waals surface area contributed by atoms with Gasteiger partial charge in [-0.2, -0.15) is 0 Å². The molecule has 2 aliphatic rings. The molecule has 3 aromatic carbocycles. The molecule has 7 nitrogen and oxygen atoms in total. The fourth-order valence-corrected chi connectivity index (χ4v) is 4.64. The fourth-order valence-electron chi connectivity index (χ4n) is 4.64. The lowest BCUT2D eigenvalue weighted by Gasteiger charge is -2.34. The predicted octanol–water partition coefficient (Wildman–Crippen LogP) is 3.84. The van der Waals surface area contributed by atoms with Crippen molar-refractivity contribution < 1.29 is 19.1 Å². The maximum Gasteiger partial charge on any atom is 0.176 e. The van der Waals surface area contributed by atoms with Gasteiger partial charge in [-0.05, 0) is 18.3 Å². The van der Waals surface area contributed by atoms with Crippen LogP contribution in [0.15, 0.2) is 59.4 Å². The molecule has 1 aromatic heterocycles. The van der Waals surface area contributed by atoms with Gasteiger partial charge in [0, 0.05) is 48.8 Å². The summed E-state index contributed by atoms with van der Waals surface area (Å²) in [4.78, 5) is 4.67. The number of ether oxygens (including phenoxy) is 2. The summed E-state index contributed by atoms with van der Waals surface area (Å²) >= 11 is 0. The van der Waals surface area contributed by atoms with Gasteiger partial charge in [0.1, 0.15) is 35.8 Å². The number of allylic oxidation sites excluding steroid dienone is 1.